The molecule has 0 aliphatic heterocycles. The summed E-state index contributed by atoms with van der Waals surface area (Å²) in [6.07, 6.45) is 0. The summed E-state index contributed by atoms with van der Waals surface area (Å²) in [4.78, 5) is 22.9. The lowest BCUT2D eigenvalue weighted by Crippen LogP contribution is -2.15. The number of halogens is 2. The van der Waals surface area contributed by atoms with Gasteiger partial charge < -0.3 is 20.1 Å². The molecule has 6 nitrogen and oxygen atoms in total. The van der Waals surface area contributed by atoms with Crippen LogP contribution in [0.2, 0.25) is 0 Å². The minimum absolute atomic E-state index is 0.167. The highest BCUT2D eigenvalue weighted by Gasteiger charge is 2.14. The standard InChI is InChI=1S/C12H14Br2N2O4/c1-19-9-3-8(16-12(18)6-14)10(20-2)4-7(9)15-11(17)5-13/h3-4H,5-6H2,1-2H3,(H,15,17)(H,16,18). The van der Waals surface area contributed by atoms with Crippen LogP contribution in [-0.4, -0.2) is 36.7 Å². The summed E-state index contributed by atoms with van der Waals surface area (Å²) in [5.41, 5.74) is 0.927. The summed E-state index contributed by atoms with van der Waals surface area (Å²) in [7, 11) is 2.95. The van der Waals surface area contributed by atoms with E-state index in [4.69, 9.17) is 9.47 Å². The highest BCUT2D eigenvalue weighted by Crippen LogP contribution is 2.36. The Bertz CT molecular complexity index is 463. The number of nitrogens with one attached hydrogen (secondary N) is 2. The molecule has 2 amide bonds. The molecule has 0 heterocycles. The fraction of sp³-hybridized carbons (Fsp3) is 0.333. The van der Waals surface area contributed by atoms with Gasteiger partial charge in [-0.05, 0) is 0 Å². The normalized spacial score (nSPS) is 9.80. The molecule has 8 heteroatoms. The lowest BCUT2D eigenvalue weighted by molar-refractivity contribution is -0.114. The van der Waals surface area contributed by atoms with Crippen molar-refractivity contribution < 1.29 is 19.1 Å². The molecule has 110 valence electrons. The molecule has 20 heavy (non-hydrogen) atoms. The topological polar surface area (TPSA) is 76.7 Å². The Labute approximate surface area is 133 Å². The Kier molecular flexibility index (Phi) is 6.80. The van der Waals surface area contributed by atoms with Crippen molar-refractivity contribution in [2.75, 3.05) is 35.5 Å². The molecule has 1 rings (SSSR count). The second-order valence-electron chi connectivity index (χ2n) is 3.62. The van der Waals surface area contributed by atoms with E-state index in [1.807, 2.05) is 0 Å². The van der Waals surface area contributed by atoms with Crippen LogP contribution in [0, 0.1) is 0 Å². The Morgan fingerprint density at radius 2 is 1.30 bits per heavy atom. The van der Waals surface area contributed by atoms with Crippen LogP contribution in [0.15, 0.2) is 12.1 Å². The first-order valence-electron chi connectivity index (χ1n) is 5.53. The number of ether oxygens (including phenoxy) is 2. The lowest BCUT2D eigenvalue weighted by atomic mass is 10.2. The summed E-state index contributed by atoms with van der Waals surface area (Å²) >= 11 is 6.13. The van der Waals surface area contributed by atoms with Crippen molar-refractivity contribution in [2.24, 2.45) is 0 Å². The van der Waals surface area contributed by atoms with E-state index in [0.29, 0.717) is 22.9 Å². The smallest absolute Gasteiger partial charge is 0.235 e. The van der Waals surface area contributed by atoms with E-state index in [9.17, 15) is 9.59 Å². The summed E-state index contributed by atoms with van der Waals surface area (Å²) in [5.74, 6) is 0.403. The van der Waals surface area contributed by atoms with Gasteiger partial charge in [0.05, 0.1) is 36.3 Å². The predicted octanol–water partition coefficient (Wildman–Crippen LogP) is 2.37. The minimum atomic E-state index is -0.220. The summed E-state index contributed by atoms with van der Waals surface area (Å²) in [5, 5.41) is 5.67. The van der Waals surface area contributed by atoms with Gasteiger partial charge in [-0.15, -0.1) is 0 Å². The lowest BCUT2D eigenvalue weighted by Gasteiger charge is -2.15. The molecule has 1 aromatic rings. The maximum Gasteiger partial charge on any atom is 0.235 e. The first-order valence-corrected chi connectivity index (χ1v) is 7.77. The van der Waals surface area contributed by atoms with Gasteiger partial charge in [-0.25, -0.2) is 0 Å². The summed E-state index contributed by atoms with van der Waals surface area (Å²) in [6.45, 7) is 0. The Morgan fingerprint density at radius 1 is 0.950 bits per heavy atom. The summed E-state index contributed by atoms with van der Waals surface area (Å²) < 4.78 is 10.4. The van der Waals surface area contributed by atoms with E-state index in [-0.39, 0.29) is 22.5 Å². The zero-order valence-corrected chi connectivity index (χ0v) is 14.1. The molecule has 0 saturated heterocycles. The molecule has 1 aromatic carbocycles. The minimum Gasteiger partial charge on any atom is -0.494 e. The first kappa shape index (κ1) is 16.8. The second-order valence-corrected chi connectivity index (χ2v) is 4.74. The van der Waals surface area contributed by atoms with Crippen LogP contribution in [0.4, 0.5) is 11.4 Å². The largest absolute Gasteiger partial charge is 0.494 e. The number of methoxy groups -OCH3 is 2. The molecular formula is C12H14Br2N2O4. The summed E-state index contributed by atoms with van der Waals surface area (Å²) in [6, 6.07) is 3.17. The van der Waals surface area contributed by atoms with Crippen LogP contribution in [0.3, 0.4) is 0 Å². The van der Waals surface area contributed by atoms with Crippen molar-refractivity contribution in [3.8, 4) is 11.5 Å². The van der Waals surface area contributed by atoms with Crippen LogP contribution in [0.5, 0.6) is 11.5 Å². The van der Waals surface area contributed by atoms with Crippen molar-refractivity contribution in [3.63, 3.8) is 0 Å². The SMILES string of the molecule is COc1cc(NC(=O)CBr)c(OC)cc1NC(=O)CBr. The molecule has 0 unspecified atom stereocenters. The third kappa shape index (κ3) is 4.38. The van der Waals surface area contributed by atoms with E-state index in [1.165, 1.54) is 14.2 Å². The van der Waals surface area contributed by atoms with Crippen LogP contribution < -0.4 is 20.1 Å². The molecule has 0 aliphatic rings. The van der Waals surface area contributed by atoms with Gasteiger partial charge in [0.25, 0.3) is 0 Å². The van der Waals surface area contributed by atoms with Crippen LogP contribution in [0.1, 0.15) is 0 Å². The fourth-order valence-corrected chi connectivity index (χ4v) is 1.74. The number of anilines is 2. The molecule has 0 fully saturated rings. The van der Waals surface area contributed by atoms with E-state index in [0.717, 1.165) is 0 Å². The zero-order chi connectivity index (χ0) is 15.1. The van der Waals surface area contributed by atoms with Crippen LogP contribution >= 0.6 is 31.9 Å². The number of amides is 2. The van der Waals surface area contributed by atoms with Gasteiger partial charge in [0, 0.05) is 12.1 Å². The Morgan fingerprint density at radius 3 is 1.55 bits per heavy atom. The number of rotatable bonds is 6. The van der Waals surface area contributed by atoms with Gasteiger partial charge in [0.1, 0.15) is 11.5 Å². The van der Waals surface area contributed by atoms with Crippen molar-refractivity contribution in [3.05, 3.63) is 12.1 Å². The van der Waals surface area contributed by atoms with Gasteiger partial charge in [0.15, 0.2) is 0 Å². The zero-order valence-electron chi connectivity index (χ0n) is 11.0. The molecule has 0 radical (unpaired) electrons. The van der Waals surface area contributed by atoms with Crippen LogP contribution in [0.25, 0.3) is 0 Å². The molecular weight excluding hydrogens is 396 g/mol. The number of carbonyl (C=O) groups is 2. The van der Waals surface area contributed by atoms with E-state index >= 15 is 0 Å². The molecule has 0 aromatic heterocycles. The van der Waals surface area contributed by atoms with E-state index < -0.39 is 0 Å². The molecule has 0 saturated carbocycles. The molecule has 2 N–H and O–H groups in total. The number of carbonyl (C=O) groups excluding carboxylic acids is 2. The highest BCUT2D eigenvalue weighted by molar-refractivity contribution is 9.09. The number of alkyl halides is 2. The van der Waals surface area contributed by atoms with E-state index in [1.54, 1.807) is 12.1 Å². The van der Waals surface area contributed by atoms with Gasteiger partial charge in [-0.1, -0.05) is 31.9 Å². The Hall–Kier alpha value is -1.28. The number of hydrogen-bond donors (Lipinski definition) is 2. The van der Waals surface area contributed by atoms with E-state index in [2.05, 4.69) is 42.5 Å². The van der Waals surface area contributed by atoms with Gasteiger partial charge in [-0.3, -0.25) is 9.59 Å². The highest BCUT2D eigenvalue weighted by atomic mass is 79.9. The third-order valence-electron chi connectivity index (χ3n) is 2.31. The van der Waals surface area contributed by atoms with Gasteiger partial charge >= 0.3 is 0 Å². The average Bonchev–Trinajstić information content (AvgIpc) is 2.47. The van der Waals surface area contributed by atoms with Gasteiger partial charge in [0.2, 0.25) is 11.8 Å². The maximum atomic E-state index is 11.4. The quantitative estimate of drug-likeness (QED) is 0.707. The number of benzene rings is 1. The van der Waals surface area contributed by atoms with Crippen molar-refractivity contribution >= 4 is 55.0 Å². The Balaban J connectivity index is 3.15. The molecule has 0 atom stereocenters. The molecule has 0 bridgehead atoms. The van der Waals surface area contributed by atoms with Crippen molar-refractivity contribution in [1.29, 1.82) is 0 Å². The van der Waals surface area contributed by atoms with Crippen molar-refractivity contribution in [2.45, 2.75) is 0 Å². The molecule has 0 aliphatic carbocycles. The average molecular weight is 410 g/mol. The fourth-order valence-electron chi connectivity index (χ4n) is 1.46. The van der Waals surface area contributed by atoms with Crippen molar-refractivity contribution in [1.82, 2.24) is 0 Å². The maximum absolute atomic E-state index is 11.4. The first-order chi connectivity index (χ1) is 9.55. The second kappa shape index (κ2) is 8.11. The van der Waals surface area contributed by atoms with Crippen LogP contribution in [-0.2, 0) is 9.59 Å². The predicted molar refractivity (Wildman–Crippen MR) is 84.4 cm³/mol. The third-order valence-corrected chi connectivity index (χ3v) is 3.33. The number of hydrogen-bond acceptors (Lipinski definition) is 4. The molecule has 0 spiro atoms. The van der Waals surface area contributed by atoms with Gasteiger partial charge in [-0.2, -0.15) is 0 Å². The monoisotopic (exact) mass is 408 g/mol.